The van der Waals surface area contributed by atoms with E-state index in [2.05, 4.69) is 4.98 Å². The van der Waals surface area contributed by atoms with Crippen LogP contribution < -0.4 is 0 Å². The number of benzene rings is 1. The number of oxazole rings is 1. The number of hydrogen-bond donors (Lipinski definition) is 2. The van der Waals surface area contributed by atoms with Gasteiger partial charge < -0.3 is 14.6 Å². The predicted octanol–water partition coefficient (Wildman–Crippen LogP) is 1.24. The Bertz CT molecular complexity index is 393. The second-order valence-corrected chi connectivity index (χ2v) is 2.12. The second kappa shape index (κ2) is 1.88. The molecule has 0 aliphatic rings. The van der Waals surface area contributed by atoms with Crippen LogP contribution in [0.3, 0.4) is 0 Å². The molecule has 0 fully saturated rings. The maximum absolute atomic E-state index is 9.15. The highest BCUT2D eigenvalue weighted by atomic mass is 16.5. The maximum Gasteiger partial charge on any atom is 0.392 e. The minimum atomic E-state index is -0.429. The lowest BCUT2D eigenvalue weighted by atomic mass is 10.3. The Morgan fingerprint density at radius 3 is 2.82 bits per heavy atom. The van der Waals surface area contributed by atoms with Crippen LogP contribution in [0.4, 0.5) is 0 Å². The summed E-state index contributed by atoms with van der Waals surface area (Å²) >= 11 is 0. The molecule has 1 aromatic carbocycles. The third-order valence-corrected chi connectivity index (χ3v) is 1.39. The molecule has 0 atom stereocenters. The molecule has 0 aliphatic carbocycles. The van der Waals surface area contributed by atoms with Crippen molar-refractivity contribution < 1.29 is 14.6 Å². The van der Waals surface area contributed by atoms with Crippen LogP contribution in [0.5, 0.6) is 11.8 Å². The molecule has 0 spiro atoms. The number of phenolic OH excluding ortho intramolecular Hbond substituents is 1. The first-order valence-corrected chi connectivity index (χ1v) is 3.05. The summed E-state index contributed by atoms with van der Waals surface area (Å²) in [5.41, 5.74) is 0.660. The van der Waals surface area contributed by atoms with Gasteiger partial charge in [0, 0.05) is 0 Å². The van der Waals surface area contributed by atoms with Crippen molar-refractivity contribution in [3.05, 3.63) is 18.2 Å². The zero-order valence-electron chi connectivity index (χ0n) is 5.48. The first-order valence-electron chi connectivity index (χ1n) is 3.05. The van der Waals surface area contributed by atoms with E-state index in [4.69, 9.17) is 14.6 Å². The number of aromatic nitrogens is 1. The quantitative estimate of drug-likeness (QED) is 0.594. The highest BCUT2D eigenvalue weighted by Gasteiger charge is 2.06. The standard InChI is InChI=1S/C7H5NO3/c9-4-2-1-3-5-6(4)8-7(10)11-5/h1-3,9H,(H,8,10). The number of nitrogens with zero attached hydrogens (tertiary/aromatic N) is 1. The number of fused-ring (bicyclic) bond motifs is 1. The summed E-state index contributed by atoms with van der Waals surface area (Å²) < 4.78 is 4.73. The molecule has 2 N–H and O–H groups in total. The molecule has 0 unspecified atom stereocenters. The normalized spacial score (nSPS) is 10.5. The molecule has 11 heavy (non-hydrogen) atoms. The Morgan fingerprint density at radius 2 is 2.09 bits per heavy atom. The average Bonchev–Trinajstić information content (AvgIpc) is 2.31. The van der Waals surface area contributed by atoms with E-state index in [0.717, 1.165) is 0 Å². The van der Waals surface area contributed by atoms with Gasteiger partial charge in [0.05, 0.1) is 0 Å². The van der Waals surface area contributed by atoms with Crippen molar-refractivity contribution in [2.45, 2.75) is 0 Å². The largest absolute Gasteiger partial charge is 0.506 e. The van der Waals surface area contributed by atoms with Gasteiger partial charge in [-0.3, -0.25) is 0 Å². The summed E-state index contributed by atoms with van der Waals surface area (Å²) in [6.45, 7) is 0. The van der Waals surface area contributed by atoms with E-state index >= 15 is 0 Å². The maximum atomic E-state index is 9.15. The van der Waals surface area contributed by atoms with Crippen LogP contribution in [0.1, 0.15) is 0 Å². The van der Waals surface area contributed by atoms with Gasteiger partial charge in [0.25, 0.3) is 0 Å². The van der Waals surface area contributed by atoms with E-state index in [9.17, 15) is 0 Å². The lowest BCUT2D eigenvalue weighted by molar-refractivity contribution is 0.328. The molecule has 4 nitrogen and oxygen atoms in total. The van der Waals surface area contributed by atoms with Crippen LogP contribution in [0, 0.1) is 0 Å². The third kappa shape index (κ3) is 0.797. The molecule has 2 rings (SSSR count). The molecule has 0 aliphatic heterocycles. The van der Waals surface area contributed by atoms with Crippen molar-refractivity contribution >= 4 is 11.1 Å². The lowest BCUT2D eigenvalue weighted by Crippen LogP contribution is -1.67. The summed E-state index contributed by atoms with van der Waals surface area (Å²) in [6, 6.07) is 4.70. The van der Waals surface area contributed by atoms with Crippen LogP contribution >= 0.6 is 0 Å². The van der Waals surface area contributed by atoms with Crippen LogP contribution in [0.15, 0.2) is 22.6 Å². The molecule has 4 heteroatoms. The monoisotopic (exact) mass is 151 g/mol. The van der Waals surface area contributed by atoms with Crippen molar-refractivity contribution in [3.8, 4) is 11.8 Å². The van der Waals surface area contributed by atoms with E-state index in [1.165, 1.54) is 6.07 Å². The molecule has 0 saturated heterocycles. The van der Waals surface area contributed by atoms with Crippen molar-refractivity contribution in [3.63, 3.8) is 0 Å². The third-order valence-electron chi connectivity index (χ3n) is 1.39. The Labute approximate surface area is 61.7 Å². The van der Waals surface area contributed by atoms with Crippen molar-refractivity contribution in [1.29, 1.82) is 0 Å². The summed E-state index contributed by atoms with van der Waals surface area (Å²) in [7, 11) is 0. The Balaban J connectivity index is 2.90. The van der Waals surface area contributed by atoms with Crippen LogP contribution in [-0.2, 0) is 0 Å². The van der Waals surface area contributed by atoms with Gasteiger partial charge in [0.2, 0.25) is 0 Å². The average molecular weight is 151 g/mol. The summed E-state index contributed by atoms with van der Waals surface area (Å²) in [5.74, 6) is 0.00606. The highest BCUT2D eigenvalue weighted by molar-refractivity contribution is 5.79. The molecular weight excluding hydrogens is 146 g/mol. The summed E-state index contributed by atoms with van der Waals surface area (Å²) in [5, 5.41) is 17.9. The van der Waals surface area contributed by atoms with E-state index in [1.54, 1.807) is 12.1 Å². The molecule has 1 heterocycles. The highest BCUT2D eigenvalue weighted by Crippen LogP contribution is 2.26. The minimum absolute atomic E-state index is 0.00606. The fourth-order valence-electron chi connectivity index (χ4n) is 0.922. The molecular formula is C7H5NO3. The SMILES string of the molecule is Oc1nc2c(O)cccc2o1. The zero-order chi connectivity index (χ0) is 7.84. The van der Waals surface area contributed by atoms with Crippen LogP contribution in [0.25, 0.3) is 11.1 Å². The Hall–Kier alpha value is -1.71. The second-order valence-electron chi connectivity index (χ2n) is 2.12. The van der Waals surface area contributed by atoms with E-state index in [1.807, 2.05) is 0 Å². The number of aromatic hydroxyl groups is 2. The van der Waals surface area contributed by atoms with E-state index in [-0.39, 0.29) is 11.3 Å². The number of hydrogen-bond acceptors (Lipinski definition) is 4. The fraction of sp³-hybridized carbons (Fsp3) is 0. The van der Waals surface area contributed by atoms with E-state index < -0.39 is 6.08 Å². The molecule has 0 saturated carbocycles. The van der Waals surface area contributed by atoms with Gasteiger partial charge in [-0.15, -0.1) is 0 Å². The number of phenols is 1. The zero-order valence-corrected chi connectivity index (χ0v) is 5.48. The van der Waals surface area contributed by atoms with Gasteiger partial charge in [-0.25, -0.2) is 0 Å². The predicted molar refractivity (Wildman–Crippen MR) is 37.3 cm³/mol. The fourth-order valence-corrected chi connectivity index (χ4v) is 0.922. The first-order chi connectivity index (χ1) is 5.27. The number of rotatable bonds is 0. The Kier molecular flexibility index (Phi) is 1.03. The molecule has 0 radical (unpaired) electrons. The van der Waals surface area contributed by atoms with Crippen LogP contribution in [-0.4, -0.2) is 15.2 Å². The molecule has 0 amide bonds. The molecule has 2 aromatic rings. The summed E-state index contributed by atoms with van der Waals surface area (Å²) in [4.78, 5) is 3.55. The van der Waals surface area contributed by atoms with Gasteiger partial charge in [0.15, 0.2) is 11.1 Å². The number of para-hydroxylation sites is 1. The van der Waals surface area contributed by atoms with Crippen molar-refractivity contribution in [2.75, 3.05) is 0 Å². The van der Waals surface area contributed by atoms with Gasteiger partial charge >= 0.3 is 6.08 Å². The van der Waals surface area contributed by atoms with Crippen LogP contribution in [0.2, 0.25) is 0 Å². The molecule has 1 aromatic heterocycles. The smallest absolute Gasteiger partial charge is 0.392 e. The topological polar surface area (TPSA) is 66.5 Å². The summed E-state index contributed by atoms with van der Waals surface area (Å²) in [6.07, 6.45) is -0.429. The van der Waals surface area contributed by atoms with Gasteiger partial charge in [-0.05, 0) is 12.1 Å². The van der Waals surface area contributed by atoms with E-state index in [0.29, 0.717) is 5.58 Å². The lowest BCUT2D eigenvalue weighted by Gasteiger charge is -1.87. The first kappa shape index (κ1) is 6.03. The van der Waals surface area contributed by atoms with Gasteiger partial charge in [-0.1, -0.05) is 6.07 Å². The van der Waals surface area contributed by atoms with Gasteiger partial charge in [-0.2, -0.15) is 4.98 Å². The Morgan fingerprint density at radius 1 is 1.27 bits per heavy atom. The minimum Gasteiger partial charge on any atom is -0.506 e. The van der Waals surface area contributed by atoms with Gasteiger partial charge in [0.1, 0.15) is 5.75 Å². The molecule has 0 bridgehead atoms. The molecule has 56 valence electrons. The van der Waals surface area contributed by atoms with Crippen molar-refractivity contribution in [2.24, 2.45) is 0 Å². The van der Waals surface area contributed by atoms with Crippen molar-refractivity contribution in [1.82, 2.24) is 4.98 Å².